The van der Waals surface area contributed by atoms with Gasteiger partial charge in [-0.05, 0) is 30.4 Å². The Labute approximate surface area is 108 Å². The van der Waals surface area contributed by atoms with Crippen LogP contribution >= 0.6 is 12.2 Å². The first-order valence-corrected chi connectivity index (χ1v) is 5.56. The fourth-order valence-electron chi connectivity index (χ4n) is 1.64. The Bertz CT molecular complexity index is 547. The quantitative estimate of drug-likeness (QED) is 0.762. The first kappa shape index (κ1) is 12.4. The van der Waals surface area contributed by atoms with Gasteiger partial charge in [-0.3, -0.25) is 9.59 Å². The summed E-state index contributed by atoms with van der Waals surface area (Å²) in [6.07, 6.45) is 0. The number of hydrogen-bond donors (Lipinski definition) is 2. The molecule has 18 heavy (non-hydrogen) atoms. The van der Waals surface area contributed by atoms with Crippen molar-refractivity contribution >= 4 is 34.8 Å². The molecule has 1 aliphatic rings. The highest BCUT2D eigenvalue weighted by Crippen LogP contribution is 2.20. The number of anilines is 1. The van der Waals surface area contributed by atoms with Gasteiger partial charge in [-0.1, -0.05) is 0 Å². The normalized spacial score (nSPS) is 14.7. The molecule has 7 heteroatoms. The van der Waals surface area contributed by atoms with E-state index in [2.05, 4.69) is 10.6 Å². The molecule has 1 aromatic rings. The molecule has 0 aromatic heterocycles. The number of nitrogens with zero attached hydrogens (tertiary/aromatic N) is 1. The summed E-state index contributed by atoms with van der Waals surface area (Å²) in [5.74, 6) is -1.40. The van der Waals surface area contributed by atoms with E-state index in [1.165, 1.54) is 24.1 Å². The van der Waals surface area contributed by atoms with E-state index in [4.69, 9.17) is 12.2 Å². The number of benzene rings is 1. The van der Waals surface area contributed by atoms with Crippen LogP contribution < -0.4 is 15.5 Å². The van der Waals surface area contributed by atoms with Crippen molar-refractivity contribution in [3.05, 3.63) is 29.6 Å². The van der Waals surface area contributed by atoms with Gasteiger partial charge in [0, 0.05) is 12.7 Å². The fraction of sp³-hybridized carbons (Fsp3) is 0.182. The van der Waals surface area contributed by atoms with E-state index < -0.39 is 11.7 Å². The second-order valence-corrected chi connectivity index (χ2v) is 4.07. The van der Waals surface area contributed by atoms with Crippen molar-refractivity contribution in [3.63, 3.8) is 0 Å². The SMILES string of the molecule is CNC(=O)c1ccc(N2CC(=O)NC2=S)cc1F. The minimum absolute atomic E-state index is 0.0503. The fourth-order valence-corrected chi connectivity index (χ4v) is 1.92. The third-order valence-electron chi connectivity index (χ3n) is 2.53. The summed E-state index contributed by atoms with van der Waals surface area (Å²) in [6, 6.07) is 4.08. The highest BCUT2D eigenvalue weighted by atomic mass is 32.1. The molecule has 5 nitrogen and oxygen atoms in total. The molecule has 1 saturated heterocycles. The molecule has 1 aliphatic heterocycles. The Morgan fingerprint density at radius 2 is 2.28 bits per heavy atom. The number of rotatable bonds is 2. The van der Waals surface area contributed by atoms with Crippen LogP contribution in [0.2, 0.25) is 0 Å². The van der Waals surface area contributed by atoms with Crippen molar-refractivity contribution in [1.82, 2.24) is 10.6 Å². The van der Waals surface area contributed by atoms with E-state index in [-0.39, 0.29) is 23.1 Å². The van der Waals surface area contributed by atoms with Crippen LogP contribution in [-0.4, -0.2) is 30.5 Å². The topological polar surface area (TPSA) is 61.4 Å². The van der Waals surface area contributed by atoms with Crippen LogP contribution in [0, 0.1) is 5.82 Å². The average molecular weight is 267 g/mol. The highest BCUT2D eigenvalue weighted by Gasteiger charge is 2.25. The van der Waals surface area contributed by atoms with Crippen molar-refractivity contribution in [2.75, 3.05) is 18.5 Å². The minimum Gasteiger partial charge on any atom is -0.355 e. The standard InChI is InChI=1S/C11H10FN3O2S/c1-13-10(17)7-3-2-6(4-8(7)12)15-5-9(16)14-11(15)18/h2-4H,5H2,1H3,(H,13,17)(H,14,16,18). The van der Waals surface area contributed by atoms with Gasteiger partial charge in [0.15, 0.2) is 5.11 Å². The Morgan fingerprint density at radius 3 is 2.78 bits per heavy atom. The molecule has 1 heterocycles. The number of nitrogens with one attached hydrogen (secondary N) is 2. The second kappa shape index (κ2) is 4.69. The Morgan fingerprint density at radius 1 is 1.56 bits per heavy atom. The lowest BCUT2D eigenvalue weighted by atomic mass is 10.1. The van der Waals surface area contributed by atoms with Gasteiger partial charge in [0.1, 0.15) is 12.4 Å². The van der Waals surface area contributed by atoms with Crippen molar-refractivity contribution < 1.29 is 14.0 Å². The van der Waals surface area contributed by atoms with E-state index in [1.807, 2.05) is 0 Å². The monoisotopic (exact) mass is 267 g/mol. The van der Waals surface area contributed by atoms with Gasteiger partial charge in [-0.25, -0.2) is 4.39 Å². The van der Waals surface area contributed by atoms with Crippen molar-refractivity contribution in [2.45, 2.75) is 0 Å². The summed E-state index contributed by atoms with van der Waals surface area (Å²) >= 11 is 4.94. The largest absolute Gasteiger partial charge is 0.355 e. The van der Waals surface area contributed by atoms with Gasteiger partial charge >= 0.3 is 0 Å². The first-order chi connectivity index (χ1) is 8.52. The second-order valence-electron chi connectivity index (χ2n) is 3.68. The summed E-state index contributed by atoms with van der Waals surface area (Å²) in [4.78, 5) is 23.9. The van der Waals surface area contributed by atoms with Crippen LogP contribution in [-0.2, 0) is 4.79 Å². The summed E-state index contributed by atoms with van der Waals surface area (Å²) in [6.45, 7) is 0.0532. The van der Waals surface area contributed by atoms with Crippen LogP contribution in [0.5, 0.6) is 0 Å². The molecule has 0 spiro atoms. The summed E-state index contributed by atoms with van der Waals surface area (Å²) in [5, 5.41) is 5.02. The number of carbonyl (C=O) groups is 2. The van der Waals surface area contributed by atoms with Crippen molar-refractivity contribution in [1.29, 1.82) is 0 Å². The zero-order chi connectivity index (χ0) is 13.3. The molecule has 0 atom stereocenters. The molecule has 0 radical (unpaired) electrons. The lowest BCUT2D eigenvalue weighted by molar-refractivity contribution is -0.117. The molecule has 0 unspecified atom stereocenters. The maximum atomic E-state index is 13.7. The van der Waals surface area contributed by atoms with Crippen molar-refractivity contribution in [3.8, 4) is 0 Å². The predicted octanol–water partition coefficient (Wildman–Crippen LogP) is 0.406. The van der Waals surface area contributed by atoms with Gasteiger partial charge in [0.2, 0.25) is 5.91 Å². The molecule has 2 N–H and O–H groups in total. The average Bonchev–Trinajstić information content (AvgIpc) is 2.67. The molecule has 0 aliphatic carbocycles. The van der Waals surface area contributed by atoms with Crippen LogP contribution in [0.25, 0.3) is 0 Å². The molecule has 94 valence electrons. The van der Waals surface area contributed by atoms with Gasteiger partial charge in [-0.2, -0.15) is 0 Å². The first-order valence-electron chi connectivity index (χ1n) is 5.16. The Hall–Kier alpha value is -2.02. The zero-order valence-corrected chi connectivity index (χ0v) is 10.3. The van der Waals surface area contributed by atoms with E-state index in [0.29, 0.717) is 5.69 Å². The molecular formula is C11H10FN3O2S. The van der Waals surface area contributed by atoms with Crippen LogP contribution in [0.15, 0.2) is 18.2 Å². The number of thiocarbonyl (C=S) groups is 1. The Balaban J connectivity index is 2.32. The molecule has 2 rings (SSSR count). The molecule has 2 amide bonds. The maximum Gasteiger partial charge on any atom is 0.253 e. The minimum atomic E-state index is -0.658. The number of carbonyl (C=O) groups excluding carboxylic acids is 2. The molecule has 1 fully saturated rings. The van der Waals surface area contributed by atoms with Crippen molar-refractivity contribution in [2.24, 2.45) is 0 Å². The zero-order valence-electron chi connectivity index (χ0n) is 9.49. The van der Waals surface area contributed by atoms with E-state index in [1.54, 1.807) is 6.07 Å². The molecular weight excluding hydrogens is 257 g/mol. The van der Waals surface area contributed by atoms with Gasteiger partial charge in [-0.15, -0.1) is 0 Å². The smallest absolute Gasteiger partial charge is 0.253 e. The third-order valence-corrected chi connectivity index (χ3v) is 2.85. The van der Waals surface area contributed by atoms with Gasteiger partial charge in [0.05, 0.1) is 5.56 Å². The predicted molar refractivity (Wildman–Crippen MR) is 67.9 cm³/mol. The van der Waals surface area contributed by atoms with Crippen LogP contribution in [0.4, 0.5) is 10.1 Å². The van der Waals surface area contributed by atoms with Crippen LogP contribution in [0.3, 0.4) is 0 Å². The lowest BCUT2D eigenvalue weighted by Gasteiger charge is -2.16. The summed E-state index contributed by atoms with van der Waals surface area (Å²) in [7, 11) is 1.42. The molecule has 0 saturated carbocycles. The lowest BCUT2D eigenvalue weighted by Crippen LogP contribution is -2.28. The molecule has 0 bridgehead atoms. The van der Waals surface area contributed by atoms with E-state index >= 15 is 0 Å². The Kier molecular flexibility index (Phi) is 3.24. The van der Waals surface area contributed by atoms with Gasteiger partial charge in [0.25, 0.3) is 5.91 Å². The third kappa shape index (κ3) is 2.17. The number of halogens is 1. The number of hydrogen-bond acceptors (Lipinski definition) is 3. The maximum absolute atomic E-state index is 13.7. The summed E-state index contributed by atoms with van der Waals surface area (Å²) < 4.78 is 13.7. The molecule has 1 aromatic carbocycles. The summed E-state index contributed by atoms with van der Waals surface area (Å²) in [5.41, 5.74) is 0.383. The van der Waals surface area contributed by atoms with E-state index in [0.717, 1.165) is 0 Å². The number of amides is 2. The van der Waals surface area contributed by atoms with E-state index in [9.17, 15) is 14.0 Å². The van der Waals surface area contributed by atoms with Gasteiger partial charge < -0.3 is 15.5 Å². The highest BCUT2D eigenvalue weighted by molar-refractivity contribution is 7.80. The van der Waals surface area contributed by atoms with Crippen LogP contribution in [0.1, 0.15) is 10.4 Å².